The highest BCUT2D eigenvalue weighted by molar-refractivity contribution is 5.84. The van der Waals surface area contributed by atoms with E-state index in [2.05, 4.69) is 28.2 Å². The first kappa shape index (κ1) is 14.3. The molecule has 0 saturated carbocycles. The molecule has 0 bridgehead atoms. The summed E-state index contributed by atoms with van der Waals surface area (Å²) in [6.45, 7) is 3.66. The van der Waals surface area contributed by atoms with E-state index in [-0.39, 0.29) is 0 Å². The molecular formula is C20H22N2O. The van der Waals surface area contributed by atoms with Gasteiger partial charge in [0.25, 0.3) is 0 Å². The van der Waals surface area contributed by atoms with Gasteiger partial charge < -0.3 is 14.6 Å². The summed E-state index contributed by atoms with van der Waals surface area (Å²) in [5.74, 6) is 1.77. The molecule has 3 nitrogen and oxygen atoms in total. The van der Waals surface area contributed by atoms with Crippen LogP contribution in [0.1, 0.15) is 18.4 Å². The van der Waals surface area contributed by atoms with Crippen LogP contribution in [-0.2, 0) is 6.42 Å². The van der Waals surface area contributed by atoms with Crippen LogP contribution in [0.2, 0.25) is 0 Å². The van der Waals surface area contributed by atoms with E-state index in [1.165, 1.54) is 42.4 Å². The quantitative estimate of drug-likeness (QED) is 0.746. The third-order valence-electron chi connectivity index (χ3n) is 4.61. The van der Waals surface area contributed by atoms with E-state index in [1.807, 2.05) is 36.4 Å². The Morgan fingerprint density at radius 3 is 2.61 bits per heavy atom. The summed E-state index contributed by atoms with van der Waals surface area (Å²) in [4.78, 5) is 5.94. The molecule has 1 aliphatic heterocycles. The highest BCUT2D eigenvalue weighted by Crippen LogP contribution is 2.27. The van der Waals surface area contributed by atoms with E-state index in [4.69, 9.17) is 4.74 Å². The fourth-order valence-corrected chi connectivity index (χ4v) is 3.34. The van der Waals surface area contributed by atoms with Crippen LogP contribution < -0.4 is 4.74 Å². The Morgan fingerprint density at radius 2 is 1.78 bits per heavy atom. The normalized spacial score (nSPS) is 15.3. The summed E-state index contributed by atoms with van der Waals surface area (Å²) in [5.41, 5.74) is 2.56. The van der Waals surface area contributed by atoms with Crippen LogP contribution in [0.25, 0.3) is 10.9 Å². The summed E-state index contributed by atoms with van der Waals surface area (Å²) >= 11 is 0. The topological polar surface area (TPSA) is 28.3 Å². The smallest absolute Gasteiger partial charge is 0.128 e. The first-order valence-corrected chi connectivity index (χ1v) is 8.44. The molecule has 0 unspecified atom stereocenters. The number of H-pyrrole nitrogens is 1. The number of fused-ring (bicyclic) bond motifs is 1. The minimum Gasteiger partial charge on any atom is -0.457 e. The molecule has 1 N–H and O–H groups in total. The fourth-order valence-electron chi connectivity index (χ4n) is 3.34. The highest BCUT2D eigenvalue weighted by atomic mass is 16.5. The number of ether oxygens (including phenoxy) is 1. The van der Waals surface area contributed by atoms with Crippen molar-refractivity contribution in [3.8, 4) is 11.5 Å². The molecule has 0 radical (unpaired) electrons. The molecule has 1 fully saturated rings. The molecule has 0 aliphatic carbocycles. The first-order valence-electron chi connectivity index (χ1n) is 8.44. The maximum absolute atomic E-state index is 5.96. The van der Waals surface area contributed by atoms with E-state index in [0.717, 1.165) is 24.5 Å². The zero-order chi connectivity index (χ0) is 15.5. The number of nitrogens with one attached hydrogen (secondary N) is 1. The van der Waals surface area contributed by atoms with Crippen molar-refractivity contribution in [2.24, 2.45) is 0 Å². The van der Waals surface area contributed by atoms with Crippen LogP contribution in [0.15, 0.2) is 54.7 Å². The molecule has 23 heavy (non-hydrogen) atoms. The molecule has 3 heteroatoms. The molecule has 118 valence electrons. The number of rotatable bonds is 5. The lowest BCUT2D eigenvalue weighted by Crippen LogP contribution is -2.21. The molecule has 2 heterocycles. The van der Waals surface area contributed by atoms with E-state index in [1.54, 1.807) is 0 Å². The third-order valence-corrected chi connectivity index (χ3v) is 4.61. The Kier molecular flexibility index (Phi) is 4.03. The summed E-state index contributed by atoms with van der Waals surface area (Å²) in [6, 6.07) is 16.2. The number of hydrogen-bond donors (Lipinski definition) is 1. The van der Waals surface area contributed by atoms with Crippen LogP contribution in [0.4, 0.5) is 0 Å². The van der Waals surface area contributed by atoms with E-state index >= 15 is 0 Å². The van der Waals surface area contributed by atoms with Crippen molar-refractivity contribution in [2.75, 3.05) is 19.6 Å². The summed E-state index contributed by atoms with van der Waals surface area (Å²) in [6.07, 6.45) is 5.94. The van der Waals surface area contributed by atoms with Crippen LogP contribution in [-0.4, -0.2) is 29.5 Å². The number of likely N-dealkylation sites (tertiary alicyclic amines) is 1. The van der Waals surface area contributed by atoms with E-state index in [0.29, 0.717) is 0 Å². The fraction of sp³-hybridized carbons (Fsp3) is 0.300. The monoisotopic (exact) mass is 306 g/mol. The molecule has 0 atom stereocenters. The predicted molar refractivity (Wildman–Crippen MR) is 94.2 cm³/mol. The van der Waals surface area contributed by atoms with Gasteiger partial charge in [0.15, 0.2) is 0 Å². The van der Waals surface area contributed by atoms with Gasteiger partial charge in [0.2, 0.25) is 0 Å². The first-order chi connectivity index (χ1) is 11.4. The molecule has 1 aromatic heterocycles. The molecule has 0 amide bonds. The average Bonchev–Trinajstić information content (AvgIpc) is 3.23. The minimum atomic E-state index is 0.876. The second-order valence-electron chi connectivity index (χ2n) is 6.24. The van der Waals surface area contributed by atoms with Crippen molar-refractivity contribution < 1.29 is 4.74 Å². The molecular weight excluding hydrogens is 284 g/mol. The lowest BCUT2D eigenvalue weighted by molar-refractivity contribution is 0.344. The van der Waals surface area contributed by atoms with Crippen LogP contribution in [0.3, 0.4) is 0 Å². The standard InChI is InChI=1S/C20H22N2O/c1-2-6-17(7-3-1)23-18-8-9-20-19(14-18)16(15-21-20)10-13-22-11-4-5-12-22/h1-3,6-9,14-15,21H,4-5,10-13H2. The zero-order valence-corrected chi connectivity index (χ0v) is 13.3. The van der Waals surface area contributed by atoms with Gasteiger partial charge in [-0.25, -0.2) is 0 Å². The van der Waals surface area contributed by atoms with E-state index < -0.39 is 0 Å². The predicted octanol–water partition coefficient (Wildman–Crippen LogP) is 4.60. The Balaban J connectivity index is 1.53. The largest absolute Gasteiger partial charge is 0.457 e. The number of hydrogen-bond acceptors (Lipinski definition) is 2. The van der Waals surface area contributed by atoms with Gasteiger partial charge in [-0.05, 0) is 68.2 Å². The van der Waals surface area contributed by atoms with Crippen molar-refractivity contribution in [3.63, 3.8) is 0 Å². The van der Waals surface area contributed by atoms with Gasteiger partial charge in [-0.15, -0.1) is 0 Å². The molecule has 1 aliphatic rings. The molecule has 3 aromatic rings. The van der Waals surface area contributed by atoms with Crippen molar-refractivity contribution in [3.05, 3.63) is 60.3 Å². The number of benzene rings is 2. The molecule has 4 rings (SSSR count). The Morgan fingerprint density at radius 1 is 0.957 bits per heavy atom. The van der Waals surface area contributed by atoms with Crippen molar-refractivity contribution in [1.82, 2.24) is 9.88 Å². The van der Waals surface area contributed by atoms with Crippen molar-refractivity contribution in [1.29, 1.82) is 0 Å². The number of nitrogens with zero attached hydrogens (tertiary/aromatic N) is 1. The number of aromatic nitrogens is 1. The van der Waals surface area contributed by atoms with Crippen LogP contribution >= 0.6 is 0 Å². The second-order valence-corrected chi connectivity index (χ2v) is 6.24. The van der Waals surface area contributed by atoms with Crippen molar-refractivity contribution in [2.45, 2.75) is 19.3 Å². The molecule has 1 saturated heterocycles. The van der Waals surface area contributed by atoms with Crippen molar-refractivity contribution >= 4 is 10.9 Å². The minimum absolute atomic E-state index is 0.876. The number of para-hydroxylation sites is 1. The maximum atomic E-state index is 5.96. The highest BCUT2D eigenvalue weighted by Gasteiger charge is 2.12. The van der Waals surface area contributed by atoms with Gasteiger partial charge in [0.05, 0.1) is 0 Å². The van der Waals surface area contributed by atoms with Gasteiger partial charge in [0, 0.05) is 23.6 Å². The third kappa shape index (κ3) is 3.25. The molecule has 0 spiro atoms. The van der Waals surface area contributed by atoms with E-state index in [9.17, 15) is 0 Å². The number of aromatic amines is 1. The Labute approximate surface area is 136 Å². The van der Waals surface area contributed by atoms with Gasteiger partial charge in [-0.3, -0.25) is 0 Å². The van der Waals surface area contributed by atoms with Crippen LogP contribution in [0, 0.1) is 0 Å². The Hall–Kier alpha value is -2.26. The van der Waals surface area contributed by atoms with Gasteiger partial charge >= 0.3 is 0 Å². The zero-order valence-electron chi connectivity index (χ0n) is 13.3. The summed E-state index contributed by atoms with van der Waals surface area (Å²) in [7, 11) is 0. The van der Waals surface area contributed by atoms with Crippen LogP contribution in [0.5, 0.6) is 11.5 Å². The lowest BCUT2D eigenvalue weighted by atomic mass is 10.1. The average molecular weight is 306 g/mol. The van der Waals surface area contributed by atoms with Gasteiger partial charge in [-0.1, -0.05) is 18.2 Å². The lowest BCUT2D eigenvalue weighted by Gasteiger charge is -2.13. The second kappa shape index (κ2) is 6.47. The maximum Gasteiger partial charge on any atom is 0.128 e. The van der Waals surface area contributed by atoms with Gasteiger partial charge in [0.1, 0.15) is 11.5 Å². The summed E-state index contributed by atoms with van der Waals surface area (Å²) < 4.78 is 5.96. The summed E-state index contributed by atoms with van der Waals surface area (Å²) in [5, 5.41) is 1.28. The van der Waals surface area contributed by atoms with Gasteiger partial charge in [-0.2, -0.15) is 0 Å². The molecule has 2 aromatic carbocycles. The Bertz CT molecular complexity index is 773. The SMILES string of the molecule is c1ccc(Oc2ccc3[nH]cc(CCN4CCCC4)c3c2)cc1.